The molecule has 2 N–H and O–H groups in total. The average molecular weight is 325 g/mol. The van der Waals surface area contributed by atoms with Gasteiger partial charge < -0.3 is 10.6 Å². The minimum atomic E-state index is -0.213. The van der Waals surface area contributed by atoms with Gasteiger partial charge in [-0.05, 0) is 44.4 Å². The second kappa shape index (κ2) is 6.42. The molecule has 1 aliphatic carbocycles. The van der Waals surface area contributed by atoms with E-state index >= 15 is 0 Å². The van der Waals surface area contributed by atoms with Crippen LogP contribution < -0.4 is 10.6 Å². The number of rotatable bonds is 4. The average Bonchev–Trinajstić information content (AvgIpc) is 2.86. The van der Waals surface area contributed by atoms with Crippen molar-refractivity contribution in [2.24, 2.45) is 0 Å². The van der Waals surface area contributed by atoms with Crippen LogP contribution in [-0.2, 0) is 4.79 Å². The molecule has 19 heavy (non-hydrogen) atoms. The monoisotopic (exact) mass is 324 g/mol. The Balaban J connectivity index is 1.90. The molecule has 0 radical (unpaired) electrons. The van der Waals surface area contributed by atoms with Crippen molar-refractivity contribution in [3.63, 3.8) is 0 Å². The van der Waals surface area contributed by atoms with Gasteiger partial charge in [0.2, 0.25) is 5.91 Å². The molecule has 1 amide bonds. The number of amides is 1. The topological polar surface area (TPSA) is 41.1 Å². The summed E-state index contributed by atoms with van der Waals surface area (Å²) in [6.45, 7) is 3.95. The fourth-order valence-electron chi connectivity index (χ4n) is 2.39. The summed E-state index contributed by atoms with van der Waals surface area (Å²) in [6.07, 6.45) is 4.71. The second-order valence-electron chi connectivity index (χ2n) is 5.32. The van der Waals surface area contributed by atoms with E-state index < -0.39 is 0 Å². The van der Waals surface area contributed by atoms with Crippen LogP contribution in [0.15, 0.2) is 22.7 Å². The van der Waals surface area contributed by atoms with Crippen molar-refractivity contribution >= 4 is 27.5 Å². The van der Waals surface area contributed by atoms with Crippen LogP contribution in [0, 0.1) is 6.92 Å². The third kappa shape index (κ3) is 3.96. The molecular formula is C15H21BrN2O. The molecule has 1 atom stereocenters. The lowest BCUT2D eigenvalue weighted by atomic mass is 10.2. The predicted molar refractivity (Wildman–Crippen MR) is 82.4 cm³/mol. The number of carbonyl (C=O) groups is 1. The Morgan fingerprint density at radius 3 is 2.68 bits per heavy atom. The van der Waals surface area contributed by atoms with Gasteiger partial charge in [0.15, 0.2) is 0 Å². The highest BCUT2D eigenvalue weighted by molar-refractivity contribution is 9.10. The van der Waals surface area contributed by atoms with Crippen molar-refractivity contribution in [2.75, 3.05) is 5.32 Å². The lowest BCUT2D eigenvalue weighted by Gasteiger charge is -2.19. The molecule has 1 aromatic rings. The van der Waals surface area contributed by atoms with Gasteiger partial charge >= 0.3 is 0 Å². The number of hydrogen-bond acceptors (Lipinski definition) is 2. The Morgan fingerprint density at radius 2 is 2.05 bits per heavy atom. The summed E-state index contributed by atoms with van der Waals surface area (Å²) in [7, 11) is 0. The largest absolute Gasteiger partial charge is 0.374 e. The Bertz CT molecular complexity index is 455. The molecule has 3 nitrogen and oxygen atoms in total. The van der Waals surface area contributed by atoms with Gasteiger partial charge in [0.25, 0.3) is 0 Å². The molecule has 1 aromatic carbocycles. The zero-order chi connectivity index (χ0) is 13.8. The highest BCUT2D eigenvalue weighted by atomic mass is 79.9. The summed E-state index contributed by atoms with van der Waals surface area (Å²) in [5, 5.41) is 6.35. The van der Waals surface area contributed by atoms with E-state index in [1.165, 1.54) is 18.4 Å². The Hall–Kier alpha value is -1.03. The standard InChI is InChI=1S/C15H21BrN2O/c1-10-7-8-13(9-14(10)16)17-11(2)15(19)18-12-5-3-4-6-12/h7-9,11-12,17H,3-6H2,1-2H3,(H,18,19). The van der Waals surface area contributed by atoms with Gasteiger partial charge in [0.1, 0.15) is 6.04 Å². The van der Waals surface area contributed by atoms with Crippen molar-refractivity contribution in [1.29, 1.82) is 0 Å². The Morgan fingerprint density at radius 1 is 1.37 bits per heavy atom. The fourth-order valence-corrected chi connectivity index (χ4v) is 2.77. The van der Waals surface area contributed by atoms with Gasteiger partial charge in [-0.15, -0.1) is 0 Å². The fraction of sp³-hybridized carbons (Fsp3) is 0.533. The minimum Gasteiger partial charge on any atom is -0.374 e. The highest BCUT2D eigenvalue weighted by Gasteiger charge is 2.20. The zero-order valence-corrected chi connectivity index (χ0v) is 13.1. The van der Waals surface area contributed by atoms with E-state index in [0.29, 0.717) is 6.04 Å². The van der Waals surface area contributed by atoms with Crippen molar-refractivity contribution in [1.82, 2.24) is 5.32 Å². The molecular weight excluding hydrogens is 304 g/mol. The molecule has 1 fully saturated rings. The van der Waals surface area contributed by atoms with Gasteiger partial charge in [-0.3, -0.25) is 4.79 Å². The summed E-state index contributed by atoms with van der Waals surface area (Å²) in [5.74, 6) is 0.0867. The van der Waals surface area contributed by atoms with Crippen LogP contribution in [-0.4, -0.2) is 18.0 Å². The van der Waals surface area contributed by atoms with Crippen molar-refractivity contribution in [3.8, 4) is 0 Å². The zero-order valence-electron chi connectivity index (χ0n) is 11.5. The highest BCUT2D eigenvalue weighted by Crippen LogP contribution is 2.21. The quantitative estimate of drug-likeness (QED) is 0.888. The molecule has 1 aliphatic rings. The number of benzene rings is 1. The van der Waals surface area contributed by atoms with Crippen molar-refractivity contribution in [3.05, 3.63) is 28.2 Å². The molecule has 0 saturated heterocycles. The Labute approximate surface area is 123 Å². The van der Waals surface area contributed by atoms with E-state index in [4.69, 9.17) is 0 Å². The SMILES string of the molecule is Cc1ccc(NC(C)C(=O)NC2CCCC2)cc1Br. The normalized spacial score (nSPS) is 17.2. The van der Waals surface area contributed by atoms with Gasteiger partial charge in [-0.2, -0.15) is 0 Å². The summed E-state index contributed by atoms with van der Waals surface area (Å²) >= 11 is 3.50. The molecule has 2 rings (SSSR count). The molecule has 1 unspecified atom stereocenters. The number of halogens is 1. The third-order valence-corrected chi connectivity index (χ3v) is 4.50. The van der Waals surface area contributed by atoms with E-state index in [0.717, 1.165) is 23.0 Å². The van der Waals surface area contributed by atoms with Gasteiger partial charge in [-0.25, -0.2) is 0 Å². The predicted octanol–water partition coefficient (Wildman–Crippen LogP) is 3.62. The first-order chi connectivity index (χ1) is 9.06. The van der Waals surface area contributed by atoms with E-state index in [2.05, 4.69) is 26.6 Å². The number of aryl methyl sites for hydroxylation is 1. The van der Waals surface area contributed by atoms with Crippen LogP contribution in [0.1, 0.15) is 38.2 Å². The first-order valence-corrected chi connectivity index (χ1v) is 7.68. The summed E-state index contributed by atoms with van der Waals surface area (Å²) in [4.78, 5) is 12.1. The molecule has 0 aromatic heterocycles. The second-order valence-corrected chi connectivity index (χ2v) is 6.17. The molecule has 0 heterocycles. The van der Waals surface area contributed by atoms with Crippen molar-refractivity contribution < 1.29 is 4.79 Å². The molecule has 0 spiro atoms. The maximum Gasteiger partial charge on any atom is 0.242 e. The van der Waals surface area contributed by atoms with E-state index in [-0.39, 0.29) is 11.9 Å². The number of carbonyl (C=O) groups excluding carboxylic acids is 1. The maximum absolute atomic E-state index is 12.1. The summed E-state index contributed by atoms with van der Waals surface area (Å²) in [5.41, 5.74) is 2.15. The molecule has 0 aliphatic heterocycles. The van der Waals surface area contributed by atoms with Crippen LogP contribution >= 0.6 is 15.9 Å². The van der Waals surface area contributed by atoms with Gasteiger partial charge in [0.05, 0.1) is 0 Å². The minimum absolute atomic E-state index is 0.0867. The van der Waals surface area contributed by atoms with Gasteiger partial charge in [-0.1, -0.05) is 34.8 Å². The molecule has 1 saturated carbocycles. The van der Waals surface area contributed by atoms with Gasteiger partial charge in [0, 0.05) is 16.2 Å². The van der Waals surface area contributed by atoms with Crippen LogP contribution in [0.5, 0.6) is 0 Å². The first kappa shape index (κ1) is 14.4. The third-order valence-electron chi connectivity index (χ3n) is 3.65. The van der Waals surface area contributed by atoms with Crippen LogP contribution in [0.2, 0.25) is 0 Å². The van der Waals surface area contributed by atoms with E-state index in [1.807, 2.05) is 32.0 Å². The van der Waals surface area contributed by atoms with Crippen LogP contribution in [0.25, 0.3) is 0 Å². The summed E-state index contributed by atoms with van der Waals surface area (Å²) < 4.78 is 1.06. The van der Waals surface area contributed by atoms with Crippen LogP contribution in [0.3, 0.4) is 0 Å². The maximum atomic E-state index is 12.1. The van der Waals surface area contributed by atoms with Crippen LogP contribution in [0.4, 0.5) is 5.69 Å². The lowest BCUT2D eigenvalue weighted by Crippen LogP contribution is -2.42. The smallest absolute Gasteiger partial charge is 0.242 e. The molecule has 104 valence electrons. The Kier molecular flexibility index (Phi) is 4.86. The van der Waals surface area contributed by atoms with E-state index in [9.17, 15) is 4.79 Å². The number of anilines is 1. The molecule has 0 bridgehead atoms. The first-order valence-electron chi connectivity index (χ1n) is 6.89. The lowest BCUT2D eigenvalue weighted by molar-refractivity contribution is -0.122. The number of hydrogen-bond donors (Lipinski definition) is 2. The summed E-state index contributed by atoms with van der Waals surface area (Å²) in [6, 6.07) is 6.21. The molecule has 4 heteroatoms. The number of nitrogens with one attached hydrogen (secondary N) is 2. The van der Waals surface area contributed by atoms with Crippen molar-refractivity contribution in [2.45, 2.75) is 51.6 Å². The van der Waals surface area contributed by atoms with E-state index in [1.54, 1.807) is 0 Å².